The van der Waals surface area contributed by atoms with E-state index in [1.165, 1.54) is 5.56 Å². The maximum absolute atomic E-state index is 12.2. The molecule has 0 saturated heterocycles. The number of benzene rings is 2. The van der Waals surface area contributed by atoms with Crippen LogP contribution in [-0.2, 0) is 0 Å². The minimum Gasteiger partial charge on any atom is -0.439 e. The fourth-order valence-electron chi connectivity index (χ4n) is 2.09. The van der Waals surface area contributed by atoms with E-state index in [1.807, 2.05) is 49.4 Å². The predicted molar refractivity (Wildman–Crippen MR) is 97.6 cm³/mol. The lowest BCUT2D eigenvalue weighted by molar-refractivity contribution is 0.102. The van der Waals surface area contributed by atoms with Gasteiger partial charge in [-0.15, -0.1) is 0 Å². The highest BCUT2D eigenvalue weighted by molar-refractivity contribution is 9.10. The number of hydrogen-bond acceptors (Lipinski definition) is 3. The Morgan fingerprint density at radius 3 is 2.46 bits per heavy atom. The number of aryl methyl sites for hydroxylation is 1. The van der Waals surface area contributed by atoms with Crippen molar-refractivity contribution >= 4 is 27.5 Å². The van der Waals surface area contributed by atoms with Gasteiger partial charge in [-0.1, -0.05) is 29.8 Å². The third kappa shape index (κ3) is 4.00. The minimum atomic E-state index is -0.198. The maximum atomic E-state index is 12.2. The number of halogens is 1. The predicted octanol–water partition coefficient (Wildman–Crippen LogP) is 5.20. The summed E-state index contributed by atoms with van der Waals surface area (Å²) < 4.78 is 6.41. The first-order valence-corrected chi connectivity index (χ1v) is 8.17. The Morgan fingerprint density at radius 2 is 1.79 bits per heavy atom. The van der Waals surface area contributed by atoms with Crippen molar-refractivity contribution in [2.75, 3.05) is 5.32 Å². The number of nitrogens with one attached hydrogen (secondary N) is 1. The zero-order valence-electron chi connectivity index (χ0n) is 13.0. The van der Waals surface area contributed by atoms with Crippen LogP contribution in [0, 0.1) is 6.92 Å². The molecule has 0 aliphatic heterocycles. The van der Waals surface area contributed by atoms with Gasteiger partial charge < -0.3 is 10.1 Å². The number of nitrogens with zero attached hydrogens (tertiary/aromatic N) is 1. The van der Waals surface area contributed by atoms with Crippen LogP contribution in [0.1, 0.15) is 15.9 Å². The molecule has 2 aromatic carbocycles. The molecule has 0 saturated carbocycles. The molecule has 0 aliphatic rings. The zero-order valence-corrected chi connectivity index (χ0v) is 14.6. The van der Waals surface area contributed by atoms with E-state index in [4.69, 9.17) is 4.74 Å². The summed E-state index contributed by atoms with van der Waals surface area (Å²) in [6.45, 7) is 2.02. The monoisotopic (exact) mass is 382 g/mol. The van der Waals surface area contributed by atoms with Crippen molar-refractivity contribution in [3.63, 3.8) is 0 Å². The van der Waals surface area contributed by atoms with Crippen molar-refractivity contribution in [3.8, 4) is 11.6 Å². The van der Waals surface area contributed by atoms with Gasteiger partial charge >= 0.3 is 0 Å². The number of carbonyl (C=O) groups excluding carboxylic acids is 1. The van der Waals surface area contributed by atoms with Crippen LogP contribution in [-0.4, -0.2) is 10.9 Å². The van der Waals surface area contributed by atoms with Gasteiger partial charge in [0.25, 0.3) is 5.91 Å². The average Bonchev–Trinajstić information content (AvgIpc) is 2.59. The summed E-state index contributed by atoms with van der Waals surface area (Å²) in [5, 5.41) is 2.81. The number of amides is 1. The first-order valence-electron chi connectivity index (χ1n) is 7.38. The molecule has 0 fully saturated rings. The van der Waals surface area contributed by atoms with Crippen LogP contribution in [0.15, 0.2) is 71.3 Å². The fourth-order valence-corrected chi connectivity index (χ4v) is 2.55. The van der Waals surface area contributed by atoms with Crippen molar-refractivity contribution in [2.45, 2.75) is 6.92 Å². The number of rotatable bonds is 4. The molecule has 0 atom stereocenters. The van der Waals surface area contributed by atoms with Crippen LogP contribution in [0.5, 0.6) is 11.6 Å². The highest BCUT2D eigenvalue weighted by Crippen LogP contribution is 2.22. The largest absolute Gasteiger partial charge is 0.439 e. The molecule has 0 spiro atoms. The van der Waals surface area contributed by atoms with Crippen LogP contribution < -0.4 is 10.1 Å². The minimum absolute atomic E-state index is 0.198. The Morgan fingerprint density at radius 1 is 1.04 bits per heavy atom. The summed E-state index contributed by atoms with van der Waals surface area (Å²) in [6, 6.07) is 18.5. The van der Waals surface area contributed by atoms with E-state index in [9.17, 15) is 4.79 Å². The molecular formula is C19H15BrN2O2. The number of anilines is 1. The van der Waals surface area contributed by atoms with Gasteiger partial charge in [-0.25, -0.2) is 4.98 Å². The highest BCUT2D eigenvalue weighted by atomic mass is 79.9. The standard InChI is InChI=1S/C19H15BrN2O2/c1-13-6-9-15(10-7-13)24-18-11-8-14(12-21-18)22-19(23)16-4-2-3-5-17(16)20/h2-12H,1H3,(H,22,23). The third-order valence-electron chi connectivity index (χ3n) is 3.36. The van der Waals surface area contributed by atoms with E-state index in [2.05, 4.69) is 26.2 Å². The van der Waals surface area contributed by atoms with E-state index in [-0.39, 0.29) is 5.91 Å². The van der Waals surface area contributed by atoms with Crippen molar-refractivity contribution in [1.29, 1.82) is 0 Å². The quantitative estimate of drug-likeness (QED) is 0.674. The molecular weight excluding hydrogens is 368 g/mol. The van der Waals surface area contributed by atoms with E-state index in [0.717, 1.165) is 10.2 Å². The summed E-state index contributed by atoms with van der Waals surface area (Å²) >= 11 is 3.37. The molecule has 1 aromatic heterocycles. The summed E-state index contributed by atoms with van der Waals surface area (Å²) in [6.07, 6.45) is 1.57. The molecule has 120 valence electrons. The van der Waals surface area contributed by atoms with Crippen molar-refractivity contribution in [1.82, 2.24) is 4.98 Å². The molecule has 1 N–H and O–H groups in total. The first-order chi connectivity index (χ1) is 11.6. The van der Waals surface area contributed by atoms with Crippen molar-refractivity contribution in [3.05, 3.63) is 82.5 Å². The Hall–Kier alpha value is -2.66. The second-order valence-corrected chi connectivity index (χ2v) is 6.09. The summed E-state index contributed by atoms with van der Waals surface area (Å²) in [7, 11) is 0. The Balaban J connectivity index is 1.67. The fraction of sp³-hybridized carbons (Fsp3) is 0.0526. The molecule has 1 amide bonds. The molecule has 3 aromatic rings. The zero-order chi connectivity index (χ0) is 16.9. The number of pyridine rings is 1. The first kappa shape index (κ1) is 16.2. The normalized spacial score (nSPS) is 10.2. The van der Waals surface area contributed by atoms with Crippen LogP contribution in [0.25, 0.3) is 0 Å². The van der Waals surface area contributed by atoms with E-state index in [1.54, 1.807) is 24.4 Å². The summed E-state index contributed by atoms with van der Waals surface area (Å²) in [5.41, 5.74) is 2.34. The van der Waals surface area contributed by atoms with Gasteiger partial charge in [-0.05, 0) is 53.2 Å². The Kier molecular flexibility index (Phi) is 4.91. The van der Waals surface area contributed by atoms with Crippen LogP contribution in [0.3, 0.4) is 0 Å². The maximum Gasteiger partial charge on any atom is 0.256 e. The van der Waals surface area contributed by atoms with Gasteiger partial charge in [0, 0.05) is 10.5 Å². The van der Waals surface area contributed by atoms with E-state index < -0.39 is 0 Å². The summed E-state index contributed by atoms with van der Waals surface area (Å²) in [5.74, 6) is 0.993. The van der Waals surface area contributed by atoms with Gasteiger partial charge in [0.1, 0.15) is 5.75 Å². The molecule has 0 aliphatic carbocycles. The molecule has 3 rings (SSSR count). The van der Waals surface area contributed by atoms with Crippen LogP contribution in [0.4, 0.5) is 5.69 Å². The SMILES string of the molecule is Cc1ccc(Oc2ccc(NC(=O)c3ccccc3Br)cn2)cc1. The molecule has 0 unspecified atom stereocenters. The number of hydrogen-bond donors (Lipinski definition) is 1. The molecule has 1 heterocycles. The number of aromatic nitrogens is 1. The third-order valence-corrected chi connectivity index (χ3v) is 4.05. The average molecular weight is 383 g/mol. The van der Waals surface area contributed by atoms with E-state index in [0.29, 0.717) is 17.1 Å². The lowest BCUT2D eigenvalue weighted by Gasteiger charge is -2.08. The molecule has 0 radical (unpaired) electrons. The van der Waals surface area contributed by atoms with Gasteiger partial charge in [0.15, 0.2) is 0 Å². The van der Waals surface area contributed by atoms with Gasteiger partial charge in [0.05, 0.1) is 17.4 Å². The number of carbonyl (C=O) groups is 1. The van der Waals surface area contributed by atoms with Gasteiger partial charge in [-0.3, -0.25) is 4.79 Å². The van der Waals surface area contributed by atoms with Gasteiger partial charge in [0.2, 0.25) is 5.88 Å². The Labute approximate surface area is 148 Å². The number of ether oxygens (including phenoxy) is 1. The smallest absolute Gasteiger partial charge is 0.256 e. The highest BCUT2D eigenvalue weighted by Gasteiger charge is 2.09. The van der Waals surface area contributed by atoms with Crippen molar-refractivity contribution < 1.29 is 9.53 Å². The second kappa shape index (κ2) is 7.27. The van der Waals surface area contributed by atoms with Gasteiger partial charge in [-0.2, -0.15) is 0 Å². The molecule has 4 nitrogen and oxygen atoms in total. The summed E-state index contributed by atoms with van der Waals surface area (Å²) in [4.78, 5) is 16.5. The topological polar surface area (TPSA) is 51.2 Å². The van der Waals surface area contributed by atoms with Crippen LogP contribution in [0.2, 0.25) is 0 Å². The molecule has 5 heteroatoms. The van der Waals surface area contributed by atoms with Crippen LogP contribution >= 0.6 is 15.9 Å². The lowest BCUT2D eigenvalue weighted by Crippen LogP contribution is -2.12. The van der Waals surface area contributed by atoms with Crippen molar-refractivity contribution in [2.24, 2.45) is 0 Å². The van der Waals surface area contributed by atoms with E-state index >= 15 is 0 Å². The second-order valence-electron chi connectivity index (χ2n) is 5.23. The Bertz CT molecular complexity index is 846. The molecule has 0 bridgehead atoms. The molecule has 24 heavy (non-hydrogen) atoms. The lowest BCUT2D eigenvalue weighted by atomic mass is 10.2.